The van der Waals surface area contributed by atoms with Gasteiger partial charge in [-0.1, -0.05) is 6.92 Å². The Balaban J connectivity index is 1.91. The van der Waals surface area contributed by atoms with E-state index in [2.05, 4.69) is 15.6 Å². The van der Waals surface area contributed by atoms with Gasteiger partial charge in [-0.05, 0) is 31.1 Å². The summed E-state index contributed by atoms with van der Waals surface area (Å²) in [5, 5.41) is 6.05. The molecule has 1 aromatic rings. The first-order valence-corrected chi connectivity index (χ1v) is 5.19. The van der Waals surface area contributed by atoms with E-state index in [1.165, 1.54) is 0 Å². The van der Waals surface area contributed by atoms with Gasteiger partial charge in [0.1, 0.15) is 0 Å². The van der Waals surface area contributed by atoms with Crippen molar-refractivity contribution in [3.63, 3.8) is 0 Å². The minimum atomic E-state index is 0.0689. The number of rotatable bonds is 3. The number of nitrogens with one attached hydrogen (secondary N) is 2. The minimum absolute atomic E-state index is 0.0689. The van der Waals surface area contributed by atoms with Crippen molar-refractivity contribution in [3.8, 4) is 0 Å². The lowest BCUT2D eigenvalue weighted by Crippen LogP contribution is -2.48. The molecule has 0 saturated carbocycles. The number of hydrogen-bond donors (Lipinski definition) is 2. The van der Waals surface area contributed by atoms with Crippen LogP contribution in [0.3, 0.4) is 0 Å². The highest BCUT2D eigenvalue weighted by Gasteiger charge is 2.28. The Labute approximate surface area is 89.1 Å². The summed E-state index contributed by atoms with van der Waals surface area (Å²) in [6.07, 6.45) is 3.34. The van der Waals surface area contributed by atoms with E-state index in [1.807, 2.05) is 6.92 Å². The van der Waals surface area contributed by atoms with E-state index in [4.69, 9.17) is 0 Å². The lowest BCUT2D eigenvalue weighted by atomic mass is 9.88. The monoisotopic (exact) mass is 205 g/mol. The molecular formula is C11H15N3O. The summed E-state index contributed by atoms with van der Waals surface area (Å²) < 4.78 is 0. The molecule has 2 heterocycles. The van der Waals surface area contributed by atoms with Crippen molar-refractivity contribution in [2.45, 2.75) is 6.92 Å². The summed E-state index contributed by atoms with van der Waals surface area (Å²) >= 11 is 0. The SMILES string of the molecule is CC(C(=O)Nc1ccncc1)C1CNC1. The van der Waals surface area contributed by atoms with Crippen LogP contribution >= 0.6 is 0 Å². The zero-order chi connectivity index (χ0) is 10.7. The van der Waals surface area contributed by atoms with Crippen LogP contribution < -0.4 is 10.6 Å². The van der Waals surface area contributed by atoms with Crippen molar-refractivity contribution in [1.82, 2.24) is 10.3 Å². The summed E-state index contributed by atoms with van der Waals surface area (Å²) in [4.78, 5) is 15.7. The average Bonchev–Trinajstić information content (AvgIpc) is 2.16. The highest BCUT2D eigenvalue weighted by molar-refractivity contribution is 5.92. The smallest absolute Gasteiger partial charge is 0.227 e. The van der Waals surface area contributed by atoms with E-state index in [0.29, 0.717) is 5.92 Å². The van der Waals surface area contributed by atoms with Gasteiger partial charge >= 0.3 is 0 Å². The second kappa shape index (κ2) is 4.40. The third kappa shape index (κ3) is 2.33. The molecule has 1 atom stereocenters. The third-order valence-electron chi connectivity index (χ3n) is 2.88. The quantitative estimate of drug-likeness (QED) is 0.770. The largest absolute Gasteiger partial charge is 0.326 e. The summed E-state index contributed by atoms with van der Waals surface area (Å²) in [5.41, 5.74) is 0.814. The number of amides is 1. The predicted molar refractivity (Wildman–Crippen MR) is 58.4 cm³/mol. The molecule has 1 aliphatic heterocycles. The lowest BCUT2D eigenvalue weighted by molar-refractivity contribution is -0.121. The molecule has 1 aromatic heterocycles. The summed E-state index contributed by atoms with van der Waals surface area (Å²) in [6.45, 7) is 3.87. The maximum atomic E-state index is 11.8. The van der Waals surface area contributed by atoms with Gasteiger partial charge in [-0.2, -0.15) is 0 Å². The molecule has 1 aliphatic rings. The lowest BCUT2D eigenvalue weighted by Gasteiger charge is -2.31. The fourth-order valence-electron chi connectivity index (χ4n) is 1.57. The average molecular weight is 205 g/mol. The number of aromatic nitrogens is 1. The van der Waals surface area contributed by atoms with Gasteiger partial charge in [0.05, 0.1) is 0 Å². The van der Waals surface area contributed by atoms with Crippen LogP contribution in [0.2, 0.25) is 0 Å². The van der Waals surface area contributed by atoms with Gasteiger partial charge in [0.2, 0.25) is 5.91 Å². The van der Waals surface area contributed by atoms with Gasteiger partial charge in [-0.3, -0.25) is 9.78 Å². The Morgan fingerprint density at radius 1 is 1.53 bits per heavy atom. The molecule has 1 saturated heterocycles. The molecule has 1 fully saturated rings. The fraction of sp³-hybridized carbons (Fsp3) is 0.455. The maximum absolute atomic E-state index is 11.8. The molecule has 15 heavy (non-hydrogen) atoms. The molecule has 1 amide bonds. The number of carbonyl (C=O) groups is 1. The third-order valence-corrected chi connectivity index (χ3v) is 2.88. The Bertz CT molecular complexity index is 335. The molecule has 0 aliphatic carbocycles. The number of anilines is 1. The van der Waals surface area contributed by atoms with Gasteiger partial charge in [-0.15, -0.1) is 0 Å². The minimum Gasteiger partial charge on any atom is -0.326 e. The van der Waals surface area contributed by atoms with Crippen molar-refractivity contribution in [3.05, 3.63) is 24.5 Å². The van der Waals surface area contributed by atoms with Crippen LogP contribution in [0.5, 0.6) is 0 Å². The molecule has 4 nitrogen and oxygen atoms in total. The zero-order valence-corrected chi connectivity index (χ0v) is 8.73. The van der Waals surface area contributed by atoms with Gasteiger partial charge in [-0.25, -0.2) is 0 Å². The van der Waals surface area contributed by atoms with Crippen LogP contribution in [0.1, 0.15) is 6.92 Å². The van der Waals surface area contributed by atoms with Gasteiger partial charge in [0.25, 0.3) is 0 Å². The molecule has 80 valence electrons. The number of nitrogens with zero attached hydrogens (tertiary/aromatic N) is 1. The molecule has 2 rings (SSSR count). The first-order chi connectivity index (χ1) is 7.27. The molecule has 1 unspecified atom stereocenters. The second-order valence-corrected chi connectivity index (χ2v) is 3.93. The standard InChI is InChI=1S/C11H15N3O/c1-8(9-6-13-7-9)11(15)14-10-2-4-12-5-3-10/h2-5,8-9,13H,6-7H2,1H3,(H,12,14,15). The predicted octanol–water partition coefficient (Wildman–Crippen LogP) is 0.876. The Kier molecular flexibility index (Phi) is 2.97. The molecule has 0 radical (unpaired) electrons. The molecule has 0 bridgehead atoms. The van der Waals surface area contributed by atoms with Crippen LogP contribution in [0.4, 0.5) is 5.69 Å². The van der Waals surface area contributed by atoms with Crippen LogP contribution in [0, 0.1) is 11.8 Å². The summed E-state index contributed by atoms with van der Waals surface area (Å²) in [5.74, 6) is 0.638. The normalized spacial score (nSPS) is 17.9. The fourth-order valence-corrected chi connectivity index (χ4v) is 1.57. The van der Waals surface area contributed by atoms with Crippen LogP contribution in [0.15, 0.2) is 24.5 Å². The number of pyridine rings is 1. The van der Waals surface area contributed by atoms with E-state index in [-0.39, 0.29) is 11.8 Å². The zero-order valence-electron chi connectivity index (χ0n) is 8.73. The van der Waals surface area contributed by atoms with Crippen LogP contribution in [0.25, 0.3) is 0 Å². The molecule has 4 heteroatoms. The Hall–Kier alpha value is -1.42. The number of hydrogen-bond acceptors (Lipinski definition) is 3. The van der Waals surface area contributed by atoms with Gasteiger partial charge in [0, 0.05) is 24.0 Å². The molecule has 2 N–H and O–H groups in total. The number of carbonyl (C=O) groups excluding carboxylic acids is 1. The van der Waals surface area contributed by atoms with E-state index in [9.17, 15) is 4.79 Å². The van der Waals surface area contributed by atoms with Gasteiger partial charge < -0.3 is 10.6 Å². The van der Waals surface area contributed by atoms with Crippen LogP contribution in [-0.2, 0) is 4.79 Å². The first kappa shape index (κ1) is 10.1. The van der Waals surface area contributed by atoms with Crippen molar-refractivity contribution in [2.24, 2.45) is 11.8 Å². The topological polar surface area (TPSA) is 54.0 Å². The van der Waals surface area contributed by atoms with Crippen molar-refractivity contribution < 1.29 is 4.79 Å². The van der Waals surface area contributed by atoms with Crippen molar-refractivity contribution >= 4 is 11.6 Å². The highest BCUT2D eigenvalue weighted by atomic mass is 16.1. The van der Waals surface area contributed by atoms with Crippen molar-refractivity contribution in [1.29, 1.82) is 0 Å². The second-order valence-electron chi connectivity index (χ2n) is 3.93. The summed E-state index contributed by atoms with van der Waals surface area (Å²) in [6, 6.07) is 3.59. The summed E-state index contributed by atoms with van der Waals surface area (Å²) in [7, 11) is 0. The van der Waals surface area contributed by atoms with Crippen molar-refractivity contribution in [2.75, 3.05) is 18.4 Å². The van der Waals surface area contributed by atoms with E-state index < -0.39 is 0 Å². The van der Waals surface area contributed by atoms with Crippen LogP contribution in [-0.4, -0.2) is 24.0 Å². The van der Waals surface area contributed by atoms with E-state index >= 15 is 0 Å². The van der Waals surface area contributed by atoms with Gasteiger partial charge in [0.15, 0.2) is 0 Å². The maximum Gasteiger partial charge on any atom is 0.227 e. The van der Waals surface area contributed by atoms with E-state index in [1.54, 1.807) is 24.5 Å². The van der Waals surface area contributed by atoms with E-state index in [0.717, 1.165) is 18.8 Å². The Morgan fingerprint density at radius 3 is 2.73 bits per heavy atom. The highest BCUT2D eigenvalue weighted by Crippen LogP contribution is 2.17. The first-order valence-electron chi connectivity index (χ1n) is 5.19. The molecular weight excluding hydrogens is 190 g/mol. The molecule has 0 aromatic carbocycles. The molecule has 0 spiro atoms. The Morgan fingerprint density at radius 2 is 2.20 bits per heavy atom.